The van der Waals surface area contributed by atoms with Crippen molar-refractivity contribution >= 4 is 27.1 Å². The van der Waals surface area contributed by atoms with Gasteiger partial charge >= 0.3 is 6.18 Å². The molecule has 0 spiro atoms. The van der Waals surface area contributed by atoms with Crippen LogP contribution in [-0.4, -0.2) is 32.3 Å². The molecule has 0 aliphatic carbocycles. The van der Waals surface area contributed by atoms with Gasteiger partial charge in [0.1, 0.15) is 5.82 Å². The molecule has 158 valence electrons. The molecule has 0 unspecified atom stereocenters. The van der Waals surface area contributed by atoms with Crippen molar-refractivity contribution in [1.82, 2.24) is 4.90 Å². The first kappa shape index (κ1) is 20.4. The lowest BCUT2D eigenvalue weighted by Gasteiger charge is -2.30. The molecule has 2 aliphatic heterocycles. The Morgan fingerprint density at radius 3 is 2.37 bits per heavy atom. The smallest absolute Gasteiger partial charge is 0.338 e. The summed E-state index contributed by atoms with van der Waals surface area (Å²) in [7, 11) is -4.28. The van der Waals surface area contributed by atoms with E-state index in [1.54, 1.807) is 0 Å². The summed E-state index contributed by atoms with van der Waals surface area (Å²) >= 11 is 0. The maximum Gasteiger partial charge on any atom is 0.416 e. The van der Waals surface area contributed by atoms with Crippen LogP contribution in [0, 0.1) is 5.82 Å². The summed E-state index contributed by atoms with van der Waals surface area (Å²) in [6, 6.07) is 7.06. The maximum atomic E-state index is 13.9. The third-order valence-electron chi connectivity index (χ3n) is 5.06. The summed E-state index contributed by atoms with van der Waals surface area (Å²) in [4.78, 5) is 14.5. The maximum absolute atomic E-state index is 13.9. The highest BCUT2D eigenvalue weighted by Gasteiger charge is 2.39. The Hall–Kier alpha value is -2.88. The zero-order valence-corrected chi connectivity index (χ0v) is 16.3. The minimum atomic E-state index is -4.62. The average Bonchev–Trinajstić information content (AvgIpc) is 3.21. The van der Waals surface area contributed by atoms with E-state index in [2.05, 4.69) is 0 Å². The minimum Gasteiger partial charge on any atom is -0.338 e. The Morgan fingerprint density at radius 1 is 1.00 bits per heavy atom. The van der Waals surface area contributed by atoms with Gasteiger partial charge in [-0.3, -0.25) is 4.79 Å². The lowest BCUT2D eigenvalue weighted by Crippen LogP contribution is -2.35. The van der Waals surface area contributed by atoms with E-state index < -0.39 is 38.2 Å². The Morgan fingerprint density at radius 2 is 1.70 bits per heavy atom. The highest BCUT2D eigenvalue weighted by Crippen LogP contribution is 2.42. The third-order valence-corrected chi connectivity index (χ3v) is 6.84. The van der Waals surface area contributed by atoms with Crippen LogP contribution in [0.1, 0.15) is 18.4 Å². The van der Waals surface area contributed by atoms with E-state index in [1.807, 2.05) is 0 Å². The van der Waals surface area contributed by atoms with Crippen molar-refractivity contribution in [2.24, 2.45) is 0 Å². The third kappa shape index (κ3) is 3.45. The van der Waals surface area contributed by atoms with Gasteiger partial charge in [0.05, 0.1) is 16.1 Å². The zero-order valence-electron chi connectivity index (χ0n) is 15.5. The summed E-state index contributed by atoms with van der Waals surface area (Å²) in [6.45, 7) is 0.789. The molecule has 0 N–H and O–H groups in total. The zero-order chi connectivity index (χ0) is 21.7. The Bertz CT molecular complexity index is 1150. The molecular weight excluding hydrogens is 424 g/mol. The molecule has 5 nitrogen and oxygen atoms in total. The number of anilines is 2. The second kappa shape index (κ2) is 7.12. The first-order valence-corrected chi connectivity index (χ1v) is 10.6. The molecule has 30 heavy (non-hydrogen) atoms. The van der Waals surface area contributed by atoms with E-state index >= 15 is 0 Å². The van der Waals surface area contributed by atoms with E-state index in [4.69, 9.17) is 0 Å². The van der Waals surface area contributed by atoms with E-state index in [9.17, 15) is 30.8 Å². The van der Waals surface area contributed by atoms with Crippen LogP contribution in [0.5, 0.6) is 0 Å². The lowest BCUT2D eigenvalue weighted by atomic mass is 10.1. The number of sulfone groups is 1. The fourth-order valence-corrected chi connectivity index (χ4v) is 5.09. The number of hydrogen-bond donors (Lipinski definition) is 0. The van der Waals surface area contributed by atoms with Crippen LogP contribution in [0.2, 0.25) is 0 Å². The largest absolute Gasteiger partial charge is 0.416 e. The van der Waals surface area contributed by atoms with Gasteiger partial charge in [-0.25, -0.2) is 12.8 Å². The first-order chi connectivity index (χ1) is 14.1. The van der Waals surface area contributed by atoms with Crippen LogP contribution in [0.3, 0.4) is 0 Å². The van der Waals surface area contributed by atoms with Gasteiger partial charge in [0, 0.05) is 25.0 Å². The van der Waals surface area contributed by atoms with Crippen molar-refractivity contribution < 1.29 is 30.8 Å². The van der Waals surface area contributed by atoms with Gasteiger partial charge < -0.3 is 9.80 Å². The summed E-state index contributed by atoms with van der Waals surface area (Å²) in [6.07, 6.45) is -2.18. The van der Waals surface area contributed by atoms with Crippen molar-refractivity contribution in [2.75, 3.05) is 18.0 Å². The number of hydrogen-bond acceptors (Lipinski definition) is 4. The van der Waals surface area contributed by atoms with Crippen LogP contribution >= 0.6 is 0 Å². The molecule has 1 saturated heterocycles. The quantitative estimate of drug-likeness (QED) is 0.518. The molecule has 0 saturated carbocycles. The Balaban J connectivity index is 1.91. The van der Waals surface area contributed by atoms with Gasteiger partial charge in [0.15, 0.2) is 4.91 Å². The van der Waals surface area contributed by atoms with Crippen molar-refractivity contribution in [3.63, 3.8) is 0 Å². The van der Waals surface area contributed by atoms with Crippen molar-refractivity contribution in [3.8, 4) is 0 Å². The second-order valence-electron chi connectivity index (χ2n) is 7.03. The number of rotatable bonds is 2. The molecule has 0 atom stereocenters. The van der Waals surface area contributed by atoms with E-state index in [0.717, 1.165) is 60.3 Å². The summed E-state index contributed by atoms with van der Waals surface area (Å²) in [5.74, 6) is -1.48. The topological polar surface area (TPSA) is 57.7 Å². The monoisotopic (exact) mass is 440 g/mol. The van der Waals surface area contributed by atoms with E-state index in [1.165, 1.54) is 11.0 Å². The van der Waals surface area contributed by atoms with Gasteiger partial charge in [-0.15, -0.1) is 0 Å². The van der Waals surface area contributed by atoms with Gasteiger partial charge in [-0.2, -0.15) is 13.2 Å². The first-order valence-electron chi connectivity index (χ1n) is 9.11. The van der Waals surface area contributed by atoms with Crippen molar-refractivity contribution in [2.45, 2.75) is 23.9 Å². The number of carbonyl (C=O) groups excluding carboxylic acids is 1. The van der Waals surface area contributed by atoms with Crippen molar-refractivity contribution in [3.05, 3.63) is 65.0 Å². The molecule has 10 heteroatoms. The Labute approximate surface area is 170 Å². The molecule has 0 aromatic heterocycles. The highest BCUT2D eigenvalue weighted by atomic mass is 32.2. The van der Waals surface area contributed by atoms with E-state index in [-0.39, 0.29) is 16.3 Å². The standard InChI is InChI=1S/C20H16F4N2O3S/c21-14-6-7-17-16(11-14)26(15-5-3-4-13(10-15)20(22,23)24)12-18(30(17,28)29)19(27)25-8-1-2-9-25/h3-7,10-12H,1-2,8-9H2. The molecule has 1 fully saturated rings. The van der Waals surface area contributed by atoms with E-state index in [0.29, 0.717) is 13.1 Å². The number of halogens is 4. The number of likely N-dealkylation sites (tertiary alicyclic amines) is 1. The average molecular weight is 440 g/mol. The van der Waals surface area contributed by atoms with Gasteiger partial charge in [0.2, 0.25) is 9.84 Å². The summed E-state index contributed by atoms with van der Waals surface area (Å²) in [5, 5.41) is 0. The van der Waals surface area contributed by atoms with Crippen LogP contribution in [0.15, 0.2) is 58.5 Å². The van der Waals surface area contributed by atoms with Crippen LogP contribution in [0.4, 0.5) is 28.9 Å². The molecule has 2 aliphatic rings. The molecule has 2 heterocycles. The Kier molecular flexibility index (Phi) is 4.84. The number of alkyl halides is 3. The fraction of sp³-hybridized carbons (Fsp3) is 0.250. The highest BCUT2D eigenvalue weighted by molar-refractivity contribution is 7.96. The molecular formula is C20H16F4N2O3S. The number of fused-ring (bicyclic) bond motifs is 1. The molecule has 1 amide bonds. The predicted octanol–water partition coefficient (Wildman–Crippen LogP) is 4.23. The summed E-state index contributed by atoms with van der Waals surface area (Å²) in [5.41, 5.74) is -1.15. The minimum absolute atomic E-state index is 0.0432. The fourth-order valence-electron chi connectivity index (χ4n) is 3.57. The number of nitrogens with zero attached hydrogens (tertiary/aromatic N) is 2. The molecule has 0 radical (unpaired) electrons. The predicted molar refractivity (Wildman–Crippen MR) is 101 cm³/mol. The lowest BCUT2D eigenvalue weighted by molar-refractivity contribution is -0.137. The number of amides is 1. The number of carbonyl (C=O) groups is 1. The molecule has 2 aromatic carbocycles. The van der Waals surface area contributed by atoms with Crippen LogP contribution in [-0.2, 0) is 20.8 Å². The second-order valence-corrected chi connectivity index (χ2v) is 8.91. The van der Waals surface area contributed by atoms with Crippen molar-refractivity contribution in [1.29, 1.82) is 0 Å². The van der Waals surface area contributed by atoms with Crippen LogP contribution < -0.4 is 4.90 Å². The SMILES string of the molecule is O=C(C1=CN(c2cccc(C(F)(F)F)c2)c2cc(F)ccc2S1(=O)=O)N1CCCC1. The van der Waals surface area contributed by atoms with Gasteiger partial charge in [-0.1, -0.05) is 6.07 Å². The van der Waals surface area contributed by atoms with Gasteiger partial charge in [-0.05, 0) is 49.2 Å². The van der Waals surface area contributed by atoms with Crippen LogP contribution in [0.25, 0.3) is 0 Å². The normalized spacial score (nSPS) is 18.2. The molecule has 0 bridgehead atoms. The van der Waals surface area contributed by atoms with Gasteiger partial charge in [0.25, 0.3) is 5.91 Å². The molecule has 2 aromatic rings. The molecule has 4 rings (SSSR count). The summed E-state index contributed by atoms with van der Waals surface area (Å²) < 4.78 is 79.6. The number of benzene rings is 2.